The van der Waals surface area contributed by atoms with Crippen molar-refractivity contribution in [3.63, 3.8) is 0 Å². The van der Waals surface area contributed by atoms with Gasteiger partial charge in [0.15, 0.2) is 0 Å². The maximum atomic E-state index is 13.4. The van der Waals surface area contributed by atoms with Crippen molar-refractivity contribution in [2.24, 2.45) is 0 Å². The summed E-state index contributed by atoms with van der Waals surface area (Å²) in [5, 5.41) is 18.7. The minimum atomic E-state index is -1.40. The highest BCUT2D eigenvalue weighted by Gasteiger charge is 2.31. The monoisotopic (exact) mass is 283 g/mol. The summed E-state index contributed by atoms with van der Waals surface area (Å²) in [6.45, 7) is 1.60. The molecule has 0 fully saturated rings. The lowest BCUT2D eigenvalue weighted by Crippen LogP contribution is -2.26. The van der Waals surface area contributed by atoms with Crippen molar-refractivity contribution in [1.82, 2.24) is 15.0 Å². The van der Waals surface area contributed by atoms with E-state index in [1.54, 1.807) is 23.7 Å². The molecule has 106 valence electrons. The highest BCUT2D eigenvalue weighted by atomic mass is 19.1. The highest BCUT2D eigenvalue weighted by Crippen LogP contribution is 2.30. The van der Waals surface area contributed by atoms with E-state index in [1.165, 1.54) is 18.3 Å². The largest absolute Gasteiger partial charge is 0.379 e. The number of hydrogen-bond donors (Lipinski definition) is 1. The van der Waals surface area contributed by atoms with Crippen molar-refractivity contribution in [3.8, 4) is 5.69 Å². The van der Waals surface area contributed by atoms with E-state index < -0.39 is 11.4 Å². The molecule has 1 unspecified atom stereocenters. The van der Waals surface area contributed by atoms with E-state index >= 15 is 0 Å². The minimum absolute atomic E-state index is 0.397. The highest BCUT2D eigenvalue weighted by molar-refractivity contribution is 5.37. The molecule has 0 aliphatic rings. The molecule has 5 heteroatoms. The fourth-order valence-electron chi connectivity index (χ4n) is 2.27. The summed E-state index contributed by atoms with van der Waals surface area (Å²) in [4.78, 5) is 0. The second-order valence-electron chi connectivity index (χ2n) is 4.95. The second-order valence-corrected chi connectivity index (χ2v) is 4.95. The van der Waals surface area contributed by atoms with E-state index in [9.17, 15) is 9.50 Å². The van der Waals surface area contributed by atoms with Crippen LogP contribution >= 0.6 is 0 Å². The molecule has 0 bridgehead atoms. The van der Waals surface area contributed by atoms with Crippen molar-refractivity contribution >= 4 is 0 Å². The van der Waals surface area contributed by atoms with E-state index in [0.29, 0.717) is 11.3 Å². The molecule has 3 aromatic rings. The van der Waals surface area contributed by atoms with Crippen molar-refractivity contribution in [2.75, 3.05) is 0 Å². The predicted molar refractivity (Wildman–Crippen MR) is 76.4 cm³/mol. The SMILES string of the molecule is CC(O)(c1cccc(F)c1)c1cnnn1-c1ccccc1. The number of halogens is 1. The van der Waals surface area contributed by atoms with Gasteiger partial charge in [-0.2, -0.15) is 0 Å². The van der Waals surface area contributed by atoms with Crippen LogP contribution in [0.3, 0.4) is 0 Å². The minimum Gasteiger partial charge on any atom is -0.379 e. The first-order chi connectivity index (χ1) is 10.1. The molecule has 2 aromatic carbocycles. The zero-order chi connectivity index (χ0) is 14.9. The first-order valence-electron chi connectivity index (χ1n) is 6.54. The van der Waals surface area contributed by atoms with E-state index in [0.717, 1.165) is 5.69 Å². The Hall–Kier alpha value is -2.53. The molecule has 3 rings (SSSR count). The second kappa shape index (κ2) is 5.10. The zero-order valence-corrected chi connectivity index (χ0v) is 11.4. The fraction of sp³-hybridized carbons (Fsp3) is 0.125. The van der Waals surface area contributed by atoms with Gasteiger partial charge < -0.3 is 5.11 Å². The van der Waals surface area contributed by atoms with Gasteiger partial charge in [-0.05, 0) is 36.8 Å². The Kier molecular flexibility index (Phi) is 3.27. The number of rotatable bonds is 3. The molecule has 0 aliphatic carbocycles. The standard InChI is InChI=1S/C16H14FN3O/c1-16(21,12-6-5-7-13(17)10-12)15-11-18-19-20(15)14-8-3-2-4-9-14/h2-11,21H,1H3. The number of aromatic nitrogens is 3. The van der Waals surface area contributed by atoms with Crippen LogP contribution in [0.1, 0.15) is 18.2 Å². The van der Waals surface area contributed by atoms with Crippen LogP contribution in [0.4, 0.5) is 4.39 Å². The summed E-state index contributed by atoms with van der Waals surface area (Å²) in [5.41, 5.74) is 0.296. The Morgan fingerprint density at radius 1 is 1.10 bits per heavy atom. The number of benzene rings is 2. The van der Waals surface area contributed by atoms with Gasteiger partial charge in [0.05, 0.1) is 11.9 Å². The van der Waals surface area contributed by atoms with Gasteiger partial charge in [-0.1, -0.05) is 35.5 Å². The van der Waals surface area contributed by atoms with Crippen molar-refractivity contribution < 1.29 is 9.50 Å². The molecule has 0 saturated heterocycles. The molecule has 4 nitrogen and oxygen atoms in total. The van der Waals surface area contributed by atoms with Crippen LogP contribution < -0.4 is 0 Å². The molecule has 0 aliphatic heterocycles. The lowest BCUT2D eigenvalue weighted by atomic mass is 9.92. The van der Waals surface area contributed by atoms with Crippen LogP contribution in [0.5, 0.6) is 0 Å². The molecule has 21 heavy (non-hydrogen) atoms. The maximum absolute atomic E-state index is 13.4. The summed E-state index contributed by atoms with van der Waals surface area (Å²) < 4.78 is 15.0. The van der Waals surface area contributed by atoms with E-state index in [-0.39, 0.29) is 0 Å². The van der Waals surface area contributed by atoms with E-state index in [1.807, 2.05) is 30.3 Å². The molecule has 1 heterocycles. The van der Waals surface area contributed by atoms with E-state index in [4.69, 9.17) is 0 Å². The van der Waals surface area contributed by atoms with Gasteiger partial charge in [0.25, 0.3) is 0 Å². The van der Waals surface area contributed by atoms with Gasteiger partial charge in [0.1, 0.15) is 17.1 Å². The summed E-state index contributed by atoms with van der Waals surface area (Å²) in [6.07, 6.45) is 1.48. The van der Waals surface area contributed by atoms with Crippen LogP contribution in [0.2, 0.25) is 0 Å². The first-order valence-corrected chi connectivity index (χ1v) is 6.54. The van der Waals surface area contributed by atoms with Crippen LogP contribution in [-0.4, -0.2) is 20.1 Å². The van der Waals surface area contributed by atoms with Gasteiger partial charge >= 0.3 is 0 Å². The molecule has 1 aromatic heterocycles. The summed E-state index contributed by atoms with van der Waals surface area (Å²) >= 11 is 0. The van der Waals surface area contributed by atoms with Crippen LogP contribution in [0.15, 0.2) is 60.8 Å². The molecule has 0 radical (unpaired) electrons. The zero-order valence-electron chi connectivity index (χ0n) is 11.4. The summed E-state index contributed by atoms with van der Waals surface area (Å²) in [6, 6.07) is 15.2. The quantitative estimate of drug-likeness (QED) is 0.804. The molecule has 0 spiro atoms. The van der Waals surface area contributed by atoms with Gasteiger partial charge in [0.2, 0.25) is 0 Å². The Balaban J connectivity index is 2.11. The Morgan fingerprint density at radius 3 is 2.57 bits per heavy atom. The number of para-hydroxylation sites is 1. The van der Waals surface area contributed by atoms with Crippen molar-refractivity contribution in [1.29, 1.82) is 0 Å². The predicted octanol–water partition coefficient (Wildman–Crippen LogP) is 2.66. The third-order valence-electron chi connectivity index (χ3n) is 3.44. The summed E-state index contributed by atoms with van der Waals surface area (Å²) in [7, 11) is 0. The normalized spacial score (nSPS) is 13.9. The third kappa shape index (κ3) is 2.43. The third-order valence-corrected chi connectivity index (χ3v) is 3.44. The fourth-order valence-corrected chi connectivity index (χ4v) is 2.27. The lowest BCUT2D eigenvalue weighted by Gasteiger charge is -2.24. The lowest BCUT2D eigenvalue weighted by molar-refractivity contribution is 0.0942. The molecule has 1 atom stereocenters. The van der Waals surface area contributed by atoms with Crippen LogP contribution in [0.25, 0.3) is 5.69 Å². The summed E-state index contributed by atoms with van der Waals surface area (Å²) in [5.74, 6) is -0.397. The number of hydrogen-bond acceptors (Lipinski definition) is 3. The average molecular weight is 283 g/mol. The van der Waals surface area contributed by atoms with Crippen molar-refractivity contribution in [3.05, 3.63) is 77.9 Å². The maximum Gasteiger partial charge on any atom is 0.130 e. The molecule has 1 N–H and O–H groups in total. The van der Waals surface area contributed by atoms with Gasteiger partial charge in [-0.25, -0.2) is 9.07 Å². The Bertz CT molecular complexity index is 753. The Morgan fingerprint density at radius 2 is 1.86 bits per heavy atom. The van der Waals surface area contributed by atoms with Crippen molar-refractivity contribution in [2.45, 2.75) is 12.5 Å². The van der Waals surface area contributed by atoms with E-state index in [2.05, 4.69) is 10.3 Å². The molecular formula is C16H14FN3O. The van der Waals surface area contributed by atoms with Crippen LogP contribution in [0, 0.1) is 5.82 Å². The van der Waals surface area contributed by atoms with Crippen LogP contribution in [-0.2, 0) is 5.60 Å². The van der Waals surface area contributed by atoms with Gasteiger partial charge in [-0.3, -0.25) is 0 Å². The average Bonchev–Trinajstić information content (AvgIpc) is 2.98. The Labute approximate surface area is 121 Å². The van der Waals surface area contributed by atoms with Gasteiger partial charge in [-0.15, -0.1) is 5.10 Å². The smallest absolute Gasteiger partial charge is 0.130 e. The number of nitrogens with zero attached hydrogens (tertiary/aromatic N) is 3. The molecule has 0 saturated carbocycles. The topological polar surface area (TPSA) is 50.9 Å². The van der Waals surface area contributed by atoms with Gasteiger partial charge in [0, 0.05) is 0 Å². The molecular weight excluding hydrogens is 269 g/mol. The first kappa shape index (κ1) is 13.5. The molecule has 0 amide bonds. The number of aliphatic hydroxyl groups is 1.